The van der Waals surface area contributed by atoms with Crippen molar-refractivity contribution in [1.29, 1.82) is 0 Å². The van der Waals surface area contributed by atoms with Crippen LogP contribution in [0.15, 0.2) is 0 Å². The molecule has 0 unspecified atom stereocenters. The average Bonchev–Trinajstić information content (AvgIpc) is 1.88. The molecule has 0 spiro atoms. The number of hydrogen-bond acceptors (Lipinski definition) is 2. The second kappa shape index (κ2) is 6.09. The molecule has 0 aromatic rings. The van der Waals surface area contributed by atoms with Crippen molar-refractivity contribution in [3.05, 3.63) is 0 Å². The van der Waals surface area contributed by atoms with Crippen LogP contribution >= 0.6 is 21.4 Å². The van der Waals surface area contributed by atoms with Gasteiger partial charge in [-0.25, -0.2) is 0 Å². The molecule has 0 aromatic carbocycles. The summed E-state index contributed by atoms with van der Waals surface area (Å²) in [5, 5.41) is 0. The van der Waals surface area contributed by atoms with Crippen molar-refractivity contribution in [3.8, 4) is 0 Å². The van der Waals surface area contributed by atoms with Gasteiger partial charge in [-0.15, -0.1) is 0 Å². The van der Waals surface area contributed by atoms with Gasteiger partial charge in [-0.3, -0.25) is 0 Å². The molecule has 1 aliphatic rings. The highest BCUT2D eigenvalue weighted by molar-refractivity contribution is 8.31. The molecule has 0 aliphatic heterocycles. The van der Waals surface area contributed by atoms with Crippen LogP contribution in [-0.4, -0.2) is 8.42 Å². The minimum atomic E-state index is -3.72. The maximum Gasteiger partial charge on any atom is 0.317 e. The van der Waals surface area contributed by atoms with E-state index in [9.17, 15) is 0 Å². The summed E-state index contributed by atoms with van der Waals surface area (Å²) in [6.45, 7) is 0. The van der Waals surface area contributed by atoms with Crippen molar-refractivity contribution >= 4 is 29.6 Å². The Hall–Kier alpha value is 0.530. The van der Waals surface area contributed by atoms with Crippen molar-refractivity contribution in [2.45, 2.75) is 38.5 Å². The Balaban J connectivity index is 0.000000187. The Kier molecular flexibility index (Phi) is 6.38. The summed E-state index contributed by atoms with van der Waals surface area (Å²) in [6, 6.07) is 0. The summed E-state index contributed by atoms with van der Waals surface area (Å²) in [6.07, 6.45) is 9.00. The van der Waals surface area contributed by atoms with E-state index >= 15 is 0 Å². The van der Waals surface area contributed by atoms with Gasteiger partial charge in [0.25, 0.3) is 0 Å². The zero-order valence-corrected chi connectivity index (χ0v) is 8.55. The number of halogens is 2. The van der Waals surface area contributed by atoms with Crippen molar-refractivity contribution in [1.82, 2.24) is 0 Å². The topological polar surface area (TPSA) is 34.1 Å². The summed E-state index contributed by atoms with van der Waals surface area (Å²) in [5.41, 5.74) is 0. The average molecular weight is 219 g/mol. The molecule has 0 heterocycles. The number of rotatable bonds is 0. The minimum Gasteiger partial charge on any atom is -0.195 e. The molecule has 1 aliphatic carbocycles. The quantitative estimate of drug-likeness (QED) is 0.587. The van der Waals surface area contributed by atoms with E-state index in [1.165, 1.54) is 38.5 Å². The molecule has 1 saturated carbocycles. The van der Waals surface area contributed by atoms with Crippen LogP contribution < -0.4 is 0 Å². The molecular formula is C6H12Cl2O2S. The molecule has 0 N–H and O–H groups in total. The highest BCUT2D eigenvalue weighted by Gasteiger charge is 1.95. The van der Waals surface area contributed by atoms with E-state index in [4.69, 9.17) is 8.42 Å². The maximum absolute atomic E-state index is 9.16. The standard InChI is InChI=1S/C6H12.Cl2O2S/c1-2-4-6-5-3-1;1-5(2,3)4/h1-6H2;. The zero-order chi connectivity index (χ0) is 8.74. The number of hydrogen-bond donors (Lipinski definition) is 0. The lowest BCUT2D eigenvalue weighted by molar-refractivity contribution is 0.504. The van der Waals surface area contributed by atoms with E-state index in [0.29, 0.717) is 0 Å². The predicted octanol–water partition coefficient (Wildman–Crippen LogP) is 3.05. The third-order valence-electron chi connectivity index (χ3n) is 1.50. The van der Waals surface area contributed by atoms with Crippen LogP contribution in [-0.2, 0) is 8.26 Å². The van der Waals surface area contributed by atoms with Gasteiger partial charge in [0.05, 0.1) is 0 Å². The first-order valence-corrected chi connectivity index (χ1v) is 6.78. The highest BCUT2D eigenvalue weighted by atomic mass is 36.0. The Morgan fingerprint density at radius 3 is 0.909 bits per heavy atom. The van der Waals surface area contributed by atoms with E-state index in [-0.39, 0.29) is 0 Å². The minimum absolute atomic E-state index is 1.50. The van der Waals surface area contributed by atoms with Crippen LogP contribution in [0.2, 0.25) is 0 Å². The van der Waals surface area contributed by atoms with E-state index < -0.39 is 8.26 Å². The highest BCUT2D eigenvalue weighted by Crippen LogP contribution is 2.15. The molecule has 0 bridgehead atoms. The second-order valence-corrected chi connectivity index (χ2v) is 6.17. The molecule has 0 radical (unpaired) electrons. The van der Waals surface area contributed by atoms with Gasteiger partial charge in [-0.05, 0) is 0 Å². The predicted molar refractivity (Wildman–Crippen MR) is 48.3 cm³/mol. The van der Waals surface area contributed by atoms with Gasteiger partial charge >= 0.3 is 8.26 Å². The molecule has 1 fully saturated rings. The lowest BCUT2D eigenvalue weighted by atomic mass is 10.0. The summed E-state index contributed by atoms with van der Waals surface area (Å²) < 4.78 is 18.3. The fraction of sp³-hybridized carbons (Fsp3) is 1.00. The monoisotopic (exact) mass is 218 g/mol. The van der Waals surface area contributed by atoms with Crippen molar-refractivity contribution in [2.75, 3.05) is 0 Å². The van der Waals surface area contributed by atoms with Crippen LogP contribution in [0.25, 0.3) is 0 Å². The van der Waals surface area contributed by atoms with Crippen molar-refractivity contribution in [3.63, 3.8) is 0 Å². The van der Waals surface area contributed by atoms with Gasteiger partial charge in [0.15, 0.2) is 0 Å². The Morgan fingerprint density at radius 1 is 0.727 bits per heavy atom. The smallest absolute Gasteiger partial charge is 0.195 e. The lowest BCUT2D eigenvalue weighted by Crippen LogP contribution is -1.85. The normalized spacial score (nSPS) is 18.4. The first kappa shape index (κ1) is 11.5. The molecular weight excluding hydrogens is 207 g/mol. The van der Waals surface area contributed by atoms with Crippen LogP contribution in [0.4, 0.5) is 0 Å². The van der Waals surface area contributed by atoms with Crippen LogP contribution in [0.3, 0.4) is 0 Å². The fourth-order valence-corrected chi connectivity index (χ4v) is 1.06. The first-order valence-electron chi connectivity index (χ1n) is 3.64. The van der Waals surface area contributed by atoms with Gasteiger partial charge in [0.1, 0.15) is 0 Å². The van der Waals surface area contributed by atoms with Gasteiger partial charge in [0.2, 0.25) is 0 Å². The molecule has 1 rings (SSSR count). The van der Waals surface area contributed by atoms with Crippen LogP contribution in [0.1, 0.15) is 38.5 Å². The molecule has 5 heteroatoms. The van der Waals surface area contributed by atoms with E-state index in [1.54, 1.807) is 0 Å². The largest absolute Gasteiger partial charge is 0.317 e. The van der Waals surface area contributed by atoms with Crippen molar-refractivity contribution < 1.29 is 8.42 Å². The second-order valence-electron chi connectivity index (χ2n) is 2.50. The third-order valence-corrected chi connectivity index (χ3v) is 1.50. The summed E-state index contributed by atoms with van der Waals surface area (Å²) in [7, 11) is 4.81. The molecule has 0 saturated heterocycles. The van der Waals surface area contributed by atoms with E-state index in [2.05, 4.69) is 21.4 Å². The zero-order valence-electron chi connectivity index (χ0n) is 6.22. The SMILES string of the molecule is C1CCCCC1.O=S(=O)(Cl)Cl. The fourth-order valence-electron chi connectivity index (χ4n) is 1.06. The van der Waals surface area contributed by atoms with E-state index in [0.717, 1.165) is 0 Å². The molecule has 0 atom stereocenters. The summed E-state index contributed by atoms with van der Waals surface area (Å²) >= 11 is 0. The molecule has 0 amide bonds. The van der Waals surface area contributed by atoms with Gasteiger partial charge in [0, 0.05) is 21.4 Å². The van der Waals surface area contributed by atoms with Gasteiger partial charge in [-0.2, -0.15) is 8.42 Å². The van der Waals surface area contributed by atoms with Crippen LogP contribution in [0.5, 0.6) is 0 Å². The van der Waals surface area contributed by atoms with Crippen molar-refractivity contribution in [2.24, 2.45) is 0 Å². The lowest BCUT2D eigenvalue weighted by Gasteiger charge is -2.05. The molecule has 11 heavy (non-hydrogen) atoms. The Morgan fingerprint density at radius 2 is 0.818 bits per heavy atom. The first-order chi connectivity index (χ1) is 5.00. The van der Waals surface area contributed by atoms with Gasteiger partial charge < -0.3 is 0 Å². The van der Waals surface area contributed by atoms with E-state index in [1.807, 2.05) is 0 Å². The Bertz CT molecular complexity index is 154. The molecule has 2 nitrogen and oxygen atoms in total. The molecule has 0 aromatic heterocycles. The third kappa shape index (κ3) is 18.0. The maximum atomic E-state index is 9.16. The molecule has 68 valence electrons. The Labute approximate surface area is 76.8 Å². The van der Waals surface area contributed by atoms with Crippen LogP contribution in [0, 0.1) is 0 Å². The van der Waals surface area contributed by atoms with Gasteiger partial charge in [-0.1, -0.05) is 38.5 Å². The summed E-state index contributed by atoms with van der Waals surface area (Å²) in [5.74, 6) is 0. The summed E-state index contributed by atoms with van der Waals surface area (Å²) in [4.78, 5) is 0.